The third-order valence-corrected chi connectivity index (χ3v) is 5.84. The van der Waals surface area contributed by atoms with Crippen LogP contribution in [-0.2, 0) is 12.1 Å². The average Bonchev–Trinajstić information content (AvgIpc) is 2.88. The lowest BCUT2D eigenvalue weighted by atomic mass is 9.82. The van der Waals surface area contributed by atoms with E-state index < -0.39 is 25.3 Å². The number of benzene rings is 1. The van der Waals surface area contributed by atoms with Gasteiger partial charge in [0.15, 0.2) is 0 Å². The first-order valence-electron chi connectivity index (χ1n) is 7.62. The molecular formula is C16H23F2N3OSi. The average molecular weight is 339 g/mol. The standard InChI is InChI=1S/C16H23F2N3OSi/c1-12(8-23(2,3)4)16(22,9-21-11-19-10-20-21)14-6-5-13(17)7-15(14)18/h5-7,10-12,22H,8-9H2,1-4H3/t12-,16+/m0/s1. The minimum atomic E-state index is -1.49. The maximum absolute atomic E-state index is 14.3. The van der Waals surface area contributed by atoms with Crippen LogP contribution >= 0.6 is 0 Å². The topological polar surface area (TPSA) is 50.9 Å². The number of rotatable bonds is 6. The highest BCUT2D eigenvalue weighted by Gasteiger charge is 2.40. The second-order valence-corrected chi connectivity index (χ2v) is 12.8. The first kappa shape index (κ1) is 17.7. The normalized spacial score (nSPS) is 16.1. The van der Waals surface area contributed by atoms with Crippen molar-refractivity contribution in [3.8, 4) is 0 Å². The summed E-state index contributed by atoms with van der Waals surface area (Å²) in [7, 11) is -1.49. The second kappa shape index (κ2) is 6.49. The highest BCUT2D eigenvalue weighted by Crippen LogP contribution is 2.37. The van der Waals surface area contributed by atoms with Crippen LogP contribution in [0.5, 0.6) is 0 Å². The Morgan fingerprint density at radius 1 is 1.30 bits per heavy atom. The molecule has 1 aromatic carbocycles. The number of halogens is 2. The third-order valence-electron chi connectivity index (χ3n) is 4.00. The first-order chi connectivity index (χ1) is 10.6. The molecule has 7 heteroatoms. The van der Waals surface area contributed by atoms with Crippen molar-refractivity contribution < 1.29 is 13.9 Å². The number of aromatic nitrogens is 3. The van der Waals surface area contributed by atoms with E-state index in [-0.39, 0.29) is 18.0 Å². The van der Waals surface area contributed by atoms with E-state index in [2.05, 4.69) is 29.7 Å². The van der Waals surface area contributed by atoms with Crippen molar-refractivity contribution in [2.75, 3.05) is 0 Å². The van der Waals surface area contributed by atoms with Gasteiger partial charge in [0.1, 0.15) is 29.9 Å². The summed E-state index contributed by atoms with van der Waals surface area (Å²) in [6, 6.07) is 4.10. The maximum Gasteiger partial charge on any atom is 0.137 e. The minimum Gasteiger partial charge on any atom is -0.383 e. The smallest absolute Gasteiger partial charge is 0.137 e. The molecule has 23 heavy (non-hydrogen) atoms. The van der Waals surface area contributed by atoms with Crippen LogP contribution < -0.4 is 0 Å². The molecule has 0 unspecified atom stereocenters. The number of hydrogen-bond donors (Lipinski definition) is 1. The molecule has 0 bridgehead atoms. The molecule has 0 fully saturated rings. The van der Waals surface area contributed by atoms with E-state index in [4.69, 9.17) is 0 Å². The molecule has 1 aromatic heterocycles. The quantitative estimate of drug-likeness (QED) is 0.821. The summed E-state index contributed by atoms with van der Waals surface area (Å²) < 4.78 is 29.1. The zero-order valence-corrected chi connectivity index (χ0v) is 14.9. The van der Waals surface area contributed by atoms with Gasteiger partial charge >= 0.3 is 0 Å². The molecule has 0 saturated heterocycles. The largest absolute Gasteiger partial charge is 0.383 e. The van der Waals surface area contributed by atoms with Crippen molar-refractivity contribution in [2.45, 2.75) is 44.8 Å². The van der Waals surface area contributed by atoms with E-state index in [0.717, 1.165) is 12.1 Å². The van der Waals surface area contributed by atoms with Crippen molar-refractivity contribution in [1.29, 1.82) is 0 Å². The summed E-state index contributed by atoms with van der Waals surface area (Å²) in [6.45, 7) is 8.56. The van der Waals surface area contributed by atoms with Crippen LogP contribution in [0.25, 0.3) is 0 Å². The Hall–Kier alpha value is -1.60. The predicted octanol–water partition coefficient (Wildman–Crippen LogP) is 3.42. The fourth-order valence-corrected chi connectivity index (χ4v) is 5.17. The van der Waals surface area contributed by atoms with Gasteiger partial charge in [0.25, 0.3) is 0 Å². The van der Waals surface area contributed by atoms with Crippen LogP contribution in [0.4, 0.5) is 8.78 Å². The number of aliphatic hydroxyl groups is 1. The molecule has 0 aliphatic carbocycles. The third kappa shape index (κ3) is 4.23. The van der Waals surface area contributed by atoms with E-state index in [9.17, 15) is 13.9 Å². The van der Waals surface area contributed by atoms with Crippen LogP contribution in [0.1, 0.15) is 12.5 Å². The lowest BCUT2D eigenvalue weighted by molar-refractivity contribution is -0.0328. The summed E-state index contributed by atoms with van der Waals surface area (Å²) in [5, 5.41) is 15.3. The molecule has 1 heterocycles. The number of hydrogen-bond acceptors (Lipinski definition) is 3. The summed E-state index contributed by atoms with van der Waals surface area (Å²) >= 11 is 0. The zero-order chi connectivity index (χ0) is 17.3. The molecule has 0 aliphatic heterocycles. The van der Waals surface area contributed by atoms with Crippen molar-refractivity contribution in [3.05, 3.63) is 48.1 Å². The minimum absolute atomic E-state index is 0.0706. The van der Waals surface area contributed by atoms with Crippen LogP contribution in [0.3, 0.4) is 0 Å². The Labute approximate surface area is 136 Å². The molecule has 0 amide bonds. The predicted molar refractivity (Wildman–Crippen MR) is 87.6 cm³/mol. The van der Waals surface area contributed by atoms with Crippen LogP contribution in [0.15, 0.2) is 30.9 Å². The molecule has 0 aliphatic rings. The Kier molecular flexibility index (Phi) is 5.00. The lowest BCUT2D eigenvalue weighted by Crippen LogP contribution is -2.42. The molecule has 0 radical (unpaired) electrons. The van der Waals surface area contributed by atoms with Crippen molar-refractivity contribution >= 4 is 8.07 Å². The van der Waals surface area contributed by atoms with E-state index >= 15 is 0 Å². The zero-order valence-electron chi connectivity index (χ0n) is 13.9. The van der Waals surface area contributed by atoms with Gasteiger partial charge < -0.3 is 5.11 Å². The summed E-state index contributed by atoms with van der Waals surface area (Å²) in [4.78, 5) is 3.87. The highest BCUT2D eigenvalue weighted by molar-refractivity contribution is 6.76. The summed E-state index contributed by atoms with van der Waals surface area (Å²) in [5.41, 5.74) is -1.38. The van der Waals surface area contributed by atoms with Gasteiger partial charge in [-0.1, -0.05) is 38.7 Å². The number of nitrogens with zero attached hydrogens (tertiary/aromatic N) is 3. The Balaban J connectivity index is 2.45. The molecule has 2 rings (SSSR count). The first-order valence-corrected chi connectivity index (χ1v) is 11.3. The molecule has 1 N–H and O–H groups in total. The van der Waals surface area contributed by atoms with E-state index in [0.29, 0.717) is 0 Å². The van der Waals surface area contributed by atoms with E-state index in [1.165, 1.54) is 29.5 Å². The van der Waals surface area contributed by atoms with Gasteiger partial charge in [0.2, 0.25) is 0 Å². The molecule has 2 aromatic rings. The van der Waals surface area contributed by atoms with Gasteiger partial charge in [-0.25, -0.2) is 18.4 Å². The van der Waals surface area contributed by atoms with Gasteiger partial charge in [0, 0.05) is 19.7 Å². The molecule has 2 atom stereocenters. The fourth-order valence-electron chi connectivity index (χ4n) is 3.00. The molecule has 4 nitrogen and oxygen atoms in total. The van der Waals surface area contributed by atoms with Crippen LogP contribution in [0.2, 0.25) is 25.7 Å². The Morgan fingerprint density at radius 2 is 2.00 bits per heavy atom. The Morgan fingerprint density at radius 3 is 2.52 bits per heavy atom. The molecular weight excluding hydrogens is 316 g/mol. The summed E-state index contributed by atoms with van der Waals surface area (Å²) in [5.74, 6) is -1.61. The van der Waals surface area contributed by atoms with Gasteiger partial charge in [-0.3, -0.25) is 0 Å². The van der Waals surface area contributed by atoms with Gasteiger partial charge in [-0.2, -0.15) is 5.10 Å². The van der Waals surface area contributed by atoms with Crippen LogP contribution in [0, 0.1) is 17.6 Å². The van der Waals surface area contributed by atoms with Gasteiger partial charge in [-0.15, -0.1) is 0 Å². The highest BCUT2D eigenvalue weighted by atomic mass is 28.3. The second-order valence-electron chi connectivity index (χ2n) is 7.31. The molecule has 0 spiro atoms. The van der Waals surface area contributed by atoms with Gasteiger partial charge in [-0.05, 0) is 12.0 Å². The maximum atomic E-state index is 14.3. The monoisotopic (exact) mass is 339 g/mol. The van der Waals surface area contributed by atoms with Crippen molar-refractivity contribution in [2.24, 2.45) is 5.92 Å². The van der Waals surface area contributed by atoms with Crippen molar-refractivity contribution in [1.82, 2.24) is 14.8 Å². The molecule has 0 saturated carbocycles. The lowest BCUT2D eigenvalue weighted by Gasteiger charge is -2.37. The van der Waals surface area contributed by atoms with Crippen LogP contribution in [-0.4, -0.2) is 27.9 Å². The van der Waals surface area contributed by atoms with E-state index in [1.54, 1.807) is 0 Å². The SMILES string of the molecule is C[C@@H](C[Si](C)(C)C)[C@](O)(Cn1cncn1)c1ccc(F)cc1F. The fraction of sp³-hybridized carbons (Fsp3) is 0.500. The van der Waals surface area contributed by atoms with Gasteiger partial charge in [0.05, 0.1) is 6.54 Å². The summed E-state index contributed by atoms with van der Waals surface area (Å²) in [6.07, 6.45) is 2.85. The van der Waals surface area contributed by atoms with Crippen molar-refractivity contribution in [3.63, 3.8) is 0 Å². The van der Waals surface area contributed by atoms with E-state index in [1.807, 2.05) is 6.92 Å². The Bertz CT molecular complexity index is 658. The molecule has 126 valence electrons.